The lowest BCUT2D eigenvalue weighted by Crippen LogP contribution is -2.37. The number of rotatable bonds is 9. The molecule has 0 aliphatic rings. The van der Waals surface area contributed by atoms with E-state index in [0.29, 0.717) is 25.9 Å². The zero-order valence-electron chi connectivity index (χ0n) is 17.0. The first-order chi connectivity index (χ1) is 10.7. The van der Waals surface area contributed by atoms with Gasteiger partial charge in [0.2, 0.25) is 0 Å². The van der Waals surface area contributed by atoms with E-state index in [2.05, 4.69) is 0 Å². The summed E-state index contributed by atoms with van der Waals surface area (Å²) in [6.07, 6.45) is 1.08. The third-order valence-electron chi connectivity index (χ3n) is 3.99. The van der Waals surface area contributed by atoms with E-state index in [1.54, 1.807) is 0 Å². The summed E-state index contributed by atoms with van der Waals surface area (Å²) in [5.74, 6) is -0.502. The highest BCUT2D eigenvalue weighted by Crippen LogP contribution is 2.36. The molecule has 0 amide bonds. The van der Waals surface area contributed by atoms with Crippen LogP contribution in [-0.2, 0) is 19.1 Å². The number of hydrogen-bond donors (Lipinski definition) is 0. The van der Waals surface area contributed by atoms with Crippen LogP contribution in [-0.4, -0.2) is 57.0 Å². The average molecular weight is 340 g/mol. The number of hydrogen-bond acceptors (Lipinski definition) is 5. The predicted molar refractivity (Wildman–Crippen MR) is 98.4 cm³/mol. The van der Waals surface area contributed by atoms with Crippen molar-refractivity contribution >= 4 is 19.2 Å². The maximum Gasteiger partial charge on any atom is 0.311 e. The molecule has 0 aliphatic heterocycles. The second kappa shape index (κ2) is 8.88. The molecular formula is C18H35BNO4. The van der Waals surface area contributed by atoms with Gasteiger partial charge in [0, 0.05) is 11.9 Å². The fraction of sp³-hybridized carbons (Fsp3) is 0.889. The Balaban J connectivity index is 4.74. The van der Waals surface area contributed by atoms with Gasteiger partial charge >= 0.3 is 11.9 Å². The maximum absolute atomic E-state index is 12.4. The minimum atomic E-state index is -0.703. The third-order valence-corrected chi connectivity index (χ3v) is 3.99. The van der Waals surface area contributed by atoms with Gasteiger partial charge in [0.25, 0.3) is 0 Å². The van der Waals surface area contributed by atoms with Crippen molar-refractivity contribution in [1.82, 2.24) is 4.90 Å². The Labute approximate surface area is 148 Å². The van der Waals surface area contributed by atoms with Crippen LogP contribution in [0.5, 0.6) is 0 Å². The van der Waals surface area contributed by atoms with Crippen molar-refractivity contribution in [2.45, 2.75) is 72.1 Å². The summed E-state index contributed by atoms with van der Waals surface area (Å²) >= 11 is 0. The van der Waals surface area contributed by atoms with Crippen molar-refractivity contribution in [2.24, 2.45) is 5.41 Å². The van der Waals surface area contributed by atoms with E-state index >= 15 is 0 Å². The zero-order valence-corrected chi connectivity index (χ0v) is 17.0. The van der Waals surface area contributed by atoms with Crippen molar-refractivity contribution in [3.05, 3.63) is 0 Å². The van der Waals surface area contributed by atoms with E-state index in [4.69, 9.17) is 9.47 Å². The third kappa shape index (κ3) is 8.18. The van der Waals surface area contributed by atoms with Gasteiger partial charge in [-0.05, 0) is 41.3 Å². The van der Waals surface area contributed by atoms with Gasteiger partial charge in [0.1, 0.15) is 19.5 Å². The van der Waals surface area contributed by atoms with Gasteiger partial charge in [-0.1, -0.05) is 34.0 Å². The summed E-state index contributed by atoms with van der Waals surface area (Å²) in [7, 11) is 5.76. The number of carbonyl (C=O) groups excluding carboxylic acids is 2. The molecule has 6 heteroatoms. The SMILES string of the molecule is CCC(C)([B]CC(C)(C)C(=O)OC(C)(C)C)C(=O)OCCN(C)C. The second-order valence-corrected chi connectivity index (χ2v) is 8.50. The molecule has 0 aromatic carbocycles. The van der Waals surface area contributed by atoms with Crippen molar-refractivity contribution in [2.75, 3.05) is 27.2 Å². The quantitative estimate of drug-likeness (QED) is 0.477. The molecule has 0 spiro atoms. The highest BCUT2D eigenvalue weighted by molar-refractivity contribution is 6.47. The van der Waals surface area contributed by atoms with Crippen LogP contribution < -0.4 is 0 Å². The number of esters is 2. The number of ether oxygens (including phenoxy) is 2. The Kier molecular flexibility index (Phi) is 8.50. The van der Waals surface area contributed by atoms with Crippen LogP contribution in [0.1, 0.15) is 54.9 Å². The number of nitrogens with zero attached hydrogens (tertiary/aromatic N) is 1. The number of likely N-dealkylation sites (N-methyl/N-ethyl adjacent to an activating group) is 1. The standard InChI is InChI=1S/C18H35BNO4/c1-10-18(7,15(22)23-12-11-20(8)9)19-13-17(5,6)14(21)24-16(2,3)4/h10-13H2,1-9H3. The van der Waals surface area contributed by atoms with Crippen LogP contribution in [0.2, 0.25) is 11.6 Å². The molecule has 1 radical (unpaired) electrons. The van der Waals surface area contributed by atoms with Gasteiger partial charge in [0.05, 0.1) is 5.41 Å². The lowest BCUT2D eigenvalue weighted by atomic mass is 9.46. The monoisotopic (exact) mass is 340 g/mol. The molecule has 139 valence electrons. The largest absolute Gasteiger partial charge is 0.464 e. The van der Waals surface area contributed by atoms with Gasteiger partial charge < -0.3 is 14.4 Å². The summed E-state index contributed by atoms with van der Waals surface area (Å²) in [6, 6.07) is 0. The number of carbonyl (C=O) groups is 2. The van der Waals surface area contributed by atoms with E-state index < -0.39 is 16.3 Å². The average Bonchev–Trinajstić information content (AvgIpc) is 2.42. The normalized spacial score (nSPS) is 14.9. The molecule has 0 rings (SSSR count). The first kappa shape index (κ1) is 23.0. The van der Waals surface area contributed by atoms with Gasteiger partial charge in [0.15, 0.2) is 0 Å². The molecule has 0 aromatic heterocycles. The molecule has 0 saturated carbocycles. The topological polar surface area (TPSA) is 55.8 Å². The molecule has 1 atom stereocenters. The molecule has 0 saturated heterocycles. The summed E-state index contributed by atoms with van der Waals surface area (Å²) < 4.78 is 10.9. The van der Waals surface area contributed by atoms with Gasteiger partial charge in [-0.3, -0.25) is 9.59 Å². The van der Waals surface area contributed by atoms with E-state index in [1.165, 1.54) is 0 Å². The van der Waals surface area contributed by atoms with E-state index in [0.717, 1.165) is 0 Å². The minimum Gasteiger partial charge on any atom is -0.464 e. The smallest absolute Gasteiger partial charge is 0.311 e. The highest BCUT2D eigenvalue weighted by Gasteiger charge is 2.39. The van der Waals surface area contributed by atoms with Crippen molar-refractivity contribution in [3.8, 4) is 0 Å². The molecular weight excluding hydrogens is 305 g/mol. The van der Waals surface area contributed by atoms with Crippen molar-refractivity contribution < 1.29 is 19.1 Å². The van der Waals surface area contributed by atoms with Crippen LogP contribution >= 0.6 is 0 Å². The van der Waals surface area contributed by atoms with Crippen LogP contribution in [0.15, 0.2) is 0 Å². The summed E-state index contributed by atoms with van der Waals surface area (Å²) in [5.41, 5.74) is -1.21. The minimum absolute atomic E-state index is 0.244. The first-order valence-corrected chi connectivity index (χ1v) is 8.63. The molecule has 0 aromatic rings. The maximum atomic E-state index is 12.4. The molecule has 0 heterocycles. The molecule has 5 nitrogen and oxygen atoms in total. The summed E-state index contributed by atoms with van der Waals surface area (Å²) in [5, 5.41) is -0.703. The Hall–Kier alpha value is -1.04. The van der Waals surface area contributed by atoms with Crippen LogP contribution in [0, 0.1) is 5.41 Å². The molecule has 0 fully saturated rings. The molecule has 0 N–H and O–H groups in total. The fourth-order valence-electron chi connectivity index (χ4n) is 1.84. The highest BCUT2D eigenvalue weighted by atomic mass is 16.6. The van der Waals surface area contributed by atoms with Gasteiger partial charge in [-0.15, -0.1) is 0 Å². The summed E-state index contributed by atoms with van der Waals surface area (Å²) in [6.45, 7) is 14.1. The first-order valence-electron chi connectivity index (χ1n) is 8.63. The van der Waals surface area contributed by atoms with Crippen LogP contribution in [0.25, 0.3) is 0 Å². The van der Waals surface area contributed by atoms with Crippen LogP contribution in [0.3, 0.4) is 0 Å². The lowest BCUT2D eigenvalue weighted by molar-refractivity contribution is -0.164. The lowest BCUT2D eigenvalue weighted by Gasteiger charge is -2.32. The molecule has 0 aliphatic carbocycles. The summed E-state index contributed by atoms with van der Waals surface area (Å²) in [4.78, 5) is 26.7. The van der Waals surface area contributed by atoms with Crippen LogP contribution in [0.4, 0.5) is 0 Å². The Bertz CT molecular complexity index is 429. The van der Waals surface area contributed by atoms with Crippen molar-refractivity contribution in [1.29, 1.82) is 0 Å². The van der Waals surface area contributed by atoms with E-state index in [9.17, 15) is 9.59 Å². The Morgan fingerprint density at radius 3 is 1.96 bits per heavy atom. The van der Waals surface area contributed by atoms with E-state index in [1.807, 2.05) is 74.7 Å². The Morgan fingerprint density at radius 1 is 1.00 bits per heavy atom. The van der Waals surface area contributed by atoms with E-state index in [-0.39, 0.29) is 11.9 Å². The van der Waals surface area contributed by atoms with Gasteiger partial charge in [-0.2, -0.15) is 0 Å². The molecule has 1 unspecified atom stereocenters. The molecule has 0 bridgehead atoms. The van der Waals surface area contributed by atoms with Crippen molar-refractivity contribution in [3.63, 3.8) is 0 Å². The molecule has 24 heavy (non-hydrogen) atoms. The second-order valence-electron chi connectivity index (χ2n) is 8.50. The zero-order chi connectivity index (χ0) is 19.2. The predicted octanol–water partition coefficient (Wildman–Crippen LogP) is 3.17. The van der Waals surface area contributed by atoms with Gasteiger partial charge in [-0.25, -0.2) is 0 Å². The Morgan fingerprint density at radius 2 is 1.54 bits per heavy atom. The fourth-order valence-corrected chi connectivity index (χ4v) is 1.84.